The molecule has 0 aliphatic carbocycles. The van der Waals surface area contributed by atoms with Crippen LogP contribution in [0, 0.1) is 0 Å². The molecule has 0 aliphatic heterocycles. The summed E-state index contributed by atoms with van der Waals surface area (Å²) in [4.78, 5) is 17.2. The van der Waals surface area contributed by atoms with Crippen molar-refractivity contribution in [2.45, 2.75) is 31.7 Å². The first kappa shape index (κ1) is 21.0. The topological polar surface area (TPSA) is 79.4 Å². The molecule has 1 heterocycles. The minimum Gasteiger partial charge on any atom is -0.344 e. The molecule has 0 unspecified atom stereocenters. The van der Waals surface area contributed by atoms with Gasteiger partial charge in [-0.15, -0.1) is 0 Å². The van der Waals surface area contributed by atoms with Crippen molar-refractivity contribution < 1.29 is 13.2 Å². The number of rotatable bonds is 7. The number of benzene rings is 2. The lowest BCUT2D eigenvalue weighted by atomic mass is 10.1. The molecule has 7 heteroatoms. The maximum atomic E-state index is 12.6. The monoisotopic (exact) mass is 411 g/mol. The number of nitrogens with one attached hydrogen (secondary N) is 1. The van der Waals surface area contributed by atoms with Gasteiger partial charge in [0.05, 0.1) is 16.5 Å². The van der Waals surface area contributed by atoms with Gasteiger partial charge in [0, 0.05) is 18.5 Å². The van der Waals surface area contributed by atoms with E-state index < -0.39 is 10.0 Å². The average molecular weight is 412 g/mol. The molecule has 2 aromatic carbocycles. The third-order valence-corrected chi connectivity index (χ3v) is 6.97. The van der Waals surface area contributed by atoms with Crippen molar-refractivity contribution in [2.24, 2.45) is 0 Å². The summed E-state index contributed by atoms with van der Waals surface area (Å²) in [5.41, 5.74) is 1.92. The van der Waals surface area contributed by atoms with E-state index in [9.17, 15) is 13.2 Å². The minimum absolute atomic E-state index is 0.250. The number of aromatic nitrogens is 1. The Morgan fingerprint density at radius 3 is 2.31 bits per heavy atom. The number of carbonyl (C=O) groups is 1. The summed E-state index contributed by atoms with van der Waals surface area (Å²) < 4.78 is 26.6. The molecule has 1 amide bonds. The molecule has 1 N–H and O–H groups in total. The van der Waals surface area contributed by atoms with E-state index in [1.165, 1.54) is 4.31 Å². The lowest BCUT2D eigenvalue weighted by molar-refractivity contribution is 0.0935. The van der Waals surface area contributed by atoms with E-state index in [1.54, 1.807) is 30.3 Å². The van der Waals surface area contributed by atoms with Crippen LogP contribution in [0.4, 0.5) is 0 Å². The smallest absolute Gasteiger partial charge is 0.270 e. The van der Waals surface area contributed by atoms with Gasteiger partial charge < -0.3 is 5.32 Å². The molecule has 0 aliphatic rings. The Labute approximate surface area is 171 Å². The molecule has 152 valence electrons. The normalized spacial score (nSPS) is 12.8. The van der Waals surface area contributed by atoms with Crippen molar-refractivity contribution >= 4 is 26.8 Å². The zero-order chi connectivity index (χ0) is 21.0. The molecule has 0 radical (unpaired) electrons. The summed E-state index contributed by atoms with van der Waals surface area (Å²) >= 11 is 0. The van der Waals surface area contributed by atoms with Crippen LogP contribution in [0.1, 0.15) is 42.9 Å². The first-order valence-corrected chi connectivity index (χ1v) is 11.1. The number of para-hydroxylation sites is 1. The molecule has 6 nitrogen and oxygen atoms in total. The van der Waals surface area contributed by atoms with E-state index in [1.807, 2.05) is 51.1 Å². The Balaban J connectivity index is 1.74. The molecule has 0 bridgehead atoms. The predicted molar refractivity (Wildman–Crippen MR) is 114 cm³/mol. The van der Waals surface area contributed by atoms with Gasteiger partial charge in [0.25, 0.3) is 5.91 Å². The predicted octanol–water partition coefficient (Wildman–Crippen LogP) is 3.76. The van der Waals surface area contributed by atoms with Gasteiger partial charge in [0.2, 0.25) is 10.0 Å². The summed E-state index contributed by atoms with van der Waals surface area (Å²) in [6, 6.07) is 17.5. The van der Waals surface area contributed by atoms with Gasteiger partial charge in [0.15, 0.2) is 0 Å². The quantitative estimate of drug-likeness (QED) is 0.642. The Kier molecular flexibility index (Phi) is 6.30. The van der Waals surface area contributed by atoms with Gasteiger partial charge in [-0.1, -0.05) is 50.2 Å². The molecule has 29 heavy (non-hydrogen) atoms. The maximum absolute atomic E-state index is 12.6. The number of fused-ring (bicyclic) bond motifs is 1. The fraction of sp³-hybridized carbons (Fsp3) is 0.273. The van der Waals surface area contributed by atoms with Crippen LogP contribution in [-0.2, 0) is 10.0 Å². The van der Waals surface area contributed by atoms with E-state index >= 15 is 0 Å². The lowest BCUT2D eigenvalue weighted by Crippen LogP contribution is -2.30. The summed E-state index contributed by atoms with van der Waals surface area (Å²) in [5.74, 6) is -0.275. The fourth-order valence-corrected chi connectivity index (χ4v) is 4.65. The second-order valence-electron chi connectivity index (χ2n) is 6.74. The van der Waals surface area contributed by atoms with E-state index in [0.717, 1.165) is 16.5 Å². The Hall–Kier alpha value is -2.77. The number of pyridine rings is 1. The standard InChI is InChI=1S/C22H25N3O3S/c1-4-25(5-2)29(27,28)19-13-10-17(11-14-19)16(3)23-22(26)21-15-12-18-8-6-7-9-20(18)24-21/h6-16H,4-5H2,1-3H3,(H,23,26)/t16-/m0/s1. The van der Waals surface area contributed by atoms with Crippen molar-refractivity contribution in [1.29, 1.82) is 0 Å². The summed E-state index contributed by atoms with van der Waals surface area (Å²) in [5, 5.41) is 3.89. The van der Waals surface area contributed by atoms with E-state index in [2.05, 4.69) is 10.3 Å². The molecule has 0 saturated carbocycles. The Morgan fingerprint density at radius 2 is 1.66 bits per heavy atom. The lowest BCUT2D eigenvalue weighted by Gasteiger charge is -2.19. The van der Waals surface area contributed by atoms with Crippen LogP contribution in [0.25, 0.3) is 10.9 Å². The number of nitrogens with zero attached hydrogens (tertiary/aromatic N) is 2. The molecule has 0 saturated heterocycles. The SMILES string of the molecule is CCN(CC)S(=O)(=O)c1ccc([C@H](C)NC(=O)c2ccc3ccccc3n2)cc1. The molecular weight excluding hydrogens is 386 g/mol. The fourth-order valence-electron chi connectivity index (χ4n) is 3.19. The van der Waals surface area contributed by atoms with Crippen LogP contribution in [0.15, 0.2) is 65.6 Å². The Morgan fingerprint density at radius 1 is 1.00 bits per heavy atom. The molecule has 3 aromatic rings. The largest absolute Gasteiger partial charge is 0.344 e. The van der Waals surface area contributed by atoms with Crippen LogP contribution in [0.2, 0.25) is 0 Å². The van der Waals surface area contributed by atoms with Crippen LogP contribution in [0.3, 0.4) is 0 Å². The maximum Gasteiger partial charge on any atom is 0.270 e. The van der Waals surface area contributed by atoms with Gasteiger partial charge in [-0.25, -0.2) is 13.4 Å². The highest BCUT2D eigenvalue weighted by atomic mass is 32.2. The second kappa shape index (κ2) is 8.71. The van der Waals surface area contributed by atoms with Crippen molar-refractivity contribution in [2.75, 3.05) is 13.1 Å². The molecule has 1 aromatic heterocycles. The van der Waals surface area contributed by atoms with Gasteiger partial charge in [-0.2, -0.15) is 4.31 Å². The van der Waals surface area contributed by atoms with E-state index in [4.69, 9.17) is 0 Å². The summed E-state index contributed by atoms with van der Waals surface area (Å²) in [6.45, 7) is 6.33. The van der Waals surface area contributed by atoms with E-state index in [0.29, 0.717) is 18.8 Å². The van der Waals surface area contributed by atoms with Gasteiger partial charge in [0.1, 0.15) is 5.69 Å². The highest BCUT2D eigenvalue weighted by Crippen LogP contribution is 2.20. The van der Waals surface area contributed by atoms with Gasteiger partial charge >= 0.3 is 0 Å². The first-order chi connectivity index (χ1) is 13.9. The Bertz CT molecular complexity index is 1110. The molecule has 3 rings (SSSR count). The second-order valence-corrected chi connectivity index (χ2v) is 8.68. The van der Waals surface area contributed by atoms with Crippen LogP contribution in [0.5, 0.6) is 0 Å². The van der Waals surface area contributed by atoms with Crippen molar-refractivity contribution in [3.8, 4) is 0 Å². The van der Waals surface area contributed by atoms with Crippen LogP contribution in [-0.4, -0.2) is 36.7 Å². The van der Waals surface area contributed by atoms with Crippen molar-refractivity contribution in [3.63, 3.8) is 0 Å². The third kappa shape index (κ3) is 4.46. The van der Waals surface area contributed by atoms with Gasteiger partial charge in [-0.05, 0) is 36.8 Å². The molecular formula is C22H25N3O3S. The number of sulfonamides is 1. The van der Waals surface area contributed by atoms with Crippen LogP contribution < -0.4 is 5.32 Å². The van der Waals surface area contributed by atoms with E-state index in [-0.39, 0.29) is 16.8 Å². The number of carbonyl (C=O) groups excluding carboxylic acids is 1. The number of hydrogen-bond acceptors (Lipinski definition) is 4. The highest BCUT2D eigenvalue weighted by molar-refractivity contribution is 7.89. The molecule has 1 atom stereocenters. The van der Waals surface area contributed by atoms with Crippen molar-refractivity contribution in [1.82, 2.24) is 14.6 Å². The molecule has 0 spiro atoms. The van der Waals surface area contributed by atoms with Crippen LogP contribution >= 0.6 is 0 Å². The minimum atomic E-state index is -3.49. The third-order valence-electron chi connectivity index (χ3n) is 4.90. The zero-order valence-electron chi connectivity index (χ0n) is 16.8. The zero-order valence-corrected chi connectivity index (χ0v) is 17.6. The average Bonchev–Trinajstić information content (AvgIpc) is 2.74. The summed E-state index contributed by atoms with van der Waals surface area (Å²) in [6.07, 6.45) is 0. The first-order valence-electron chi connectivity index (χ1n) is 9.63. The highest BCUT2D eigenvalue weighted by Gasteiger charge is 2.22. The van der Waals surface area contributed by atoms with Crippen molar-refractivity contribution in [3.05, 3.63) is 71.9 Å². The molecule has 0 fully saturated rings. The summed E-state index contributed by atoms with van der Waals surface area (Å²) in [7, 11) is -3.49. The number of amides is 1. The number of hydrogen-bond donors (Lipinski definition) is 1. The van der Waals surface area contributed by atoms with Gasteiger partial charge in [-0.3, -0.25) is 4.79 Å².